The highest BCUT2D eigenvalue weighted by molar-refractivity contribution is 5.90. The summed E-state index contributed by atoms with van der Waals surface area (Å²) in [6, 6.07) is 6.22. The van der Waals surface area contributed by atoms with E-state index in [2.05, 4.69) is 26.0 Å². The van der Waals surface area contributed by atoms with Crippen LogP contribution in [-0.4, -0.2) is 11.4 Å². The Labute approximate surface area is 103 Å². The molecule has 1 aromatic rings. The lowest BCUT2D eigenvalue weighted by Gasteiger charge is -2.31. The molecule has 0 bridgehead atoms. The van der Waals surface area contributed by atoms with Crippen LogP contribution in [0.15, 0.2) is 18.2 Å². The fourth-order valence-electron chi connectivity index (χ4n) is 2.19. The summed E-state index contributed by atoms with van der Waals surface area (Å²) in [4.78, 5) is 11.9. The molecular weight excluding hydrogens is 212 g/mol. The van der Waals surface area contributed by atoms with Gasteiger partial charge in [-0.15, -0.1) is 0 Å². The van der Waals surface area contributed by atoms with E-state index in [1.807, 2.05) is 19.9 Å². The van der Waals surface area contributed by atoms with Crippen molar-refractivity contribution in [1.29, 1.82) is 0 Å². The molecule has 1 heterocycles. The molecule has 2 nitrogen and oxygen atoms in total. The Morgan fingerprint density at radius 3 is 2.71 bits per heavy atom. The van der Waals surface area contributed by atoms with Crippen molar-refractivity contribution < 1.29 is 9.53 Å². The normalized spacial score (nSPS) is 17.8. The molecule has 0 amide bonds. The predicted molar refractivity (Wildman–Crippen MR) is 68.4 cm³/mol. The highest BCUT2D eigenvalue weighted by Gasteiger charge is 2.34. The first kappa shape index (κ1) is 12.2. The molecule has 2 heteroatoms. The van der Waals surface area contributed by atoms with Gasteiger partial charge in [-0.05, 0) is 37.8 Å². The fraction of sp³-hybridized carbons (Fsp3) is 0.533. The number of Topliss-reactive ketones (excluding diaryl/α,β-unsaturated/α-hetero) is 1. The molecule has 0 aromatic heterocycles. The van der Waals surface area contributed by atoms with Crippen LogP contribution in [-0.2, 0) is 17.6 Å². The molecule has 1 aromatic carbocycles. The lowest BCUT2D eigenvalue weighted by Crippen LogP contribution is -2.42. The number of hydrogen-bond donors (Lipinski definition) is 0. The number of ether oxygens (including phenoxy) is 1. The number of ketones is 1. The third kappa shape index (κ3) is 2.51. The van der Waals surface area contributed by atoms with E-state index in [1.54, 1.807) is 0 Å². The van der Waals surface area contributed by atoms with Crippen LogP contribution in [0.4, 0.5) is 0 Å². The first-order chi connectivity index (χ1) is 7.88. The van der Waals surface area contributed by atoms with Crippen LogP contribution in [0.25, 0.3) is 0 Å². The lowest BCUT2D eigenvalue weighted by molar-refractivity contribution is -0.132. The second-order valence-corrected chi connectivity index (χ2v) is 5.75. The highest BCUT2D eigenvalue weighted by Crippen LogP contribution is 2.31. The van der Waals surface area contributed by atoms with E-state index < -0.39 is 5.60 Å². The number of hydrogen-bond acceptors (Lipinski definition) is 2. The monoisotopic (exact) mass is 232 g/mol. The summed E-state index contributed by atoms with van der Waals surface area (Å²) < 4.78 is 5.74. The summed E-state index contributed by atoms with van der Waals surface area (Å²) in [5.41, 5.74) is 1.65. The predicted octanol–water partition coefficient (Wildman–Crippen LogP) is 3.17. The van der Waals surface area contributed by atoms with Gasteiger partial charge in [0.25, 0.3) is 0 Å². The first-order valence-electron chi connectivity index (χ1n) is 6.22. The topological polar surface area (TPSA) is 26.3 Å². The smallest absolute Gasteiger partial charge is 0.180 e. The average molecular weight is 232 g/mol. The number of benzene rings is 1. The van der Waals surface area contributed by atoms with Gasteiger partial charge in [0.1, 0.15) is 5.75 Å². The molecule has 0 atom stereocenters. The minimum Gasteiger partial charge on any atom is -0.480 e. The van der Waals surface area contributed by atoms with E-state index in [-0.39, 0.29) is 5.78 Å². The van der Waals surface area contributed by atoms with Gasteiger partial charge in [-0.2, -0.15) is 0 Å². The molecule has 0 unspecified atom stereocenters. The molecule has 0 saturated carbocycles. The van der Waals surface area contributed by atoms with Gasteiger partial charge in [0.05, 0.1) is 0 Å². The number of carbonyl (C=O) groups is 1. The standard InChI is InChI=1S/C15H20O2/c1-10(2)7-11-5-6-13-12(8-11)9-14(16)15(3,4)17-13/h5-6,8,10H,7,9H2,1-4H3. The van der Waals surface area contributed by atoms with E-state index in [9.17, 15) is 4.79 Å². The Bertz CT molecular complexity index is 444. The van der Waals surface area contributed by atoms with Crippen molar-refractivity contribution >= 4 is 5.78 Å². The van der Waals surface area contributed by atoms with Crippen molar-refractivity contribution in [3.05, 3.63) is 29.3 Å². The highest BCUT2D eigenvalue weighted by atomic mass is 16.5. The van der Waals surface area contributed by atoms with Crippen LogP contribution in [0.5, 0.6) is 5.75 Å². The molecule has 1 aliphatic rings. The van der Waals surface area contributed by atoms with Crippen LogP contribution < -0.4 is 4.74 Å². The van der Waals surface area contributed by atoms with Crippen LogP contribution in [0.1, 0.15) is 38.8 Å². The third-order valence-electron chi connectivity index (χ3n) is 3.16. The molecule has 1 aliphatic heterocycles. The summed E-state index contributed by atoms with van der Waals surface area (Å²) in [5, 5.41) is 0. The zero-order chi connectivity index (χ0) is 12.6. The van der Waals surface area contributed by atoms with Crippen molar-refractivity contribution in [2.45, 2.75) is 46.1 Å². The minimum atomic E-state index is -0.674. The van der Waals surface area contributed by atoms with Gasteiger partial charge in [0.15, 0.2) is 11.4 Å². The van der Waals surface area contributed by atoms with Crippen molar-refractivity contribution in [3.63, 3.8) is 0 Å². The van der Waals surface area contributed by atoms with Crippen molar-refractivity contribution in [1.82, 2.24) is 0 Å². The molecule has 17 heavy (non-hydrogen) atoms. The maximum absolute atomic E-state index is 11.9. The van der Waals surface area contributed by atoms with Gasteiger partial charge in [-0.1, -0.05) is 26.0 Å². The maximum atomic E-state index is 11.9. The van der Waals surface area contributed by atoms with Gasteiger partial charge in [-0.25, -0.2) is 0 Å². The van der Waals surface area contributed by atoms with Gasteiger partial charge in [0.2, 0.25) is 0 Å². The molecule has 0 fully saturated rings. The molecule has 0 spiro atoms. The Morgan fingerprint density at radius 2 is 2.06 bits per heavy atom. The van der Waals surface area contributed by atoms with Gasteiger partial charge >= 0.3 is 0 Å². The zero-order valence-corrected chi connectivity index (χ0v) is 11.0. The SMILES string of the molecule is CC(C)Cc1ccc2c(c1)CC(=O)C(C)(C)O2. The average Bonchev–Trinajstić information content (AvgIpc) is 2.19. The second-order valence-electron chi connectivity index (χ2n) is 5.75. The largest absolute Gasteiger partial charge is 0.480 e. The number of fused-ring (bicyclic) bond motifs is 1. The Morgan fingerprint density at radius 1 is 1.35 bits per heavy atom. The van der Waals surface area contributed by atoms with Crippen molar-refractivity contribution in [2.24, 2.45) is 5.92 Å². The zero-order valence-electron chi connectivity index (χ0n) is 11.0. The summed E-state index contributed by atoms with van der Waals surface area (Å²) in [6.45, 7) is 8.06. The molecule has 0 aliphatic carbocycles. The van der Waals surface area contributed by atoms with E-state index in [1.165, 1.54) is 5.56 Å². The molecular formula is C15H20O2. The quantitative estimate of drug-likeness (QED) is 0.783. The second kappa shape index (κ2) is 4.17. The number of carbonyl (C=O) groups excluding carboxylic acids is 1. The van der Waals surface area contributed by atoms with Gasteiger partial charge in [-0.3, -0.25) is 4.79 Å². The third-order valence-corrected chi connectivity index (χ3v) is 3.16. The summed E-state index contributed by atoms with van der Waals surface area (Å²) in [6.07, 6.45) is 1.54. The van der Waals surface area contributed by atoms with Gasteiger partial charge < -0.3 is 4.74 Å². The molecule has 0 radical (unpaired) electrons. The van der Waals surface area contributed by atoms with Crippen molar-refractivity contribution in [3.8, 4) is 5.75 Å². The van der Waals surface area contributed by atoms with E-state index in [0.29, 0.717) is 12.3 Å². The minimum absolute atomic E-state index is 0.159. The van der Waals surface area contributed by atoms with E-state index >= 15 is 0 Å². The van der Waals surface area contributed by atoms with Gasteiger partial charge in [0, 0.05) is 12.0 Å². The Balaban J connectivity index is 2.29. The summed E-state index contributed by atoms with van der Waals surface area (Å²) in [7, 11) is 0. The van der Waals surface area contributed by atoms with Crippen molar-refractivity contribution in [2.75, 3.05) is 0 Å². The van der Waals surface area contributed by atoms with Crippen LogP contribution in [0, 0.1) is 5.92 Å². The van der Waals surface area contributed by atoms with Crippen LogP contribution in [0.3, 0.4) is 0 Å². The van der Waals surface area contributed by atoms with Crippen LogP contribution >= 0.6 is 0 Å². The molecule has 2 rings (SSSR count). The Kier molecular flexibility index (Phi) is 2.98. The Hall–Kier alpha value is -1.31. The summed E-state index contributed by atoms with van der Waals surface area (Å²) >= 11 is 0. The van der Waals surface area contributed by atoms with E-state index in [0.717, 1.165) is 17.7 Å². The molecule has 92 valence electrons. The fourth-order valence-corrected chi connectivity index (χ4v) is 2.19. The summed E-state index contributed by atoms with van der Waals surface area (Å²) in [5.74, 6) is 1.65. The van der Waals surface area contributed by atoms with E-state index in [4.69, 9.17) is 4.74 Å². The first-order valence-corrected chi connectivity index (χ1v) is 6.22. The lowest BCUT2D eigenvalue weighted by atomic mass is 9.91. The number of rotatable bonds is 2. The molecule has 0 saturated heterocycles. The van der Waals surface area contributed by atoms with Crippen LogP contribution in [0.2, 0.25) is 0 Å². The molecule has 0 N–H and O–H groups in total. The maximum Gasteiger partial charge on any atom is 0.180 e.